The average Bonchev–Trinajstić information content (AvgIpc) is 2.95. The van der Waals surface area contributed by atoms with Crippen molar-refractivity contribution in [2.24, 2.45) is 0 Å². The molecule has 0 atom stereocenters. The Bertz CT molecular complexity index is 812. The van der Waals surface area contributed by atoms with Crippen LogP contribution < -0.4 is 4.74 Å². The van der Waals surface area contributed by atoms with Crippen molar-refractivity contribution in [1.82, 2.24) is 19.4 Å². The molecule has 0 bridgehead atoms. The molecule has 0 amide bonds. The first-order chi connectivity index (χ1) is 11.3. The summed E-state index contributed by atoms with van der Waals surface area (Å²) in [5.41, 5.74) is 2.63. The second kappa shape index (κ2) is 6.28. The highest BCUT2D eigenvalue weighted by Gasteiger charge is 2.20. The highest BCUT2D eigenvalue weighted by atomic mass is 79.9. The molecule has 6 heteroatoms. The third-order valence-corrected chi connectivity index (χ3v) is 4.99. The van der Waals surface area contributed by atoms with Crippen molar-refractivity contribution in [2.45, 2.75) is 38.2 Å². The van der Waals surface area contributed by atoms with E-state index >= 15 is 0 Å². The van der Waals surface area contributed by atoms with Crippen LogP contribution in [0.3, 0.4) is 0 Å². The topological polar surface area (TPSA) is 52.3 Å². The van der Waals surface area contributed by atoms with Crippen LogP contribution in [0, 0.1) is 0 Å². The first kappa shape index (κ1) is 14.6. The molecule has 0 saturated heterocycles. The molecule has 3 heterocycles. The van der Waals surface area contributed by atoms with E-state index < -0.39 is 0 Å². The molecule has 23 heavy (non-hydrogen) atoms. The largest absolute Gasteiger partial charge is 0.472 e. The number of fused-ring (bicyclic) bond motifs is 1. The number of hydrogen-bond donors (Lipinski definition) is 0. The van der Waals surface area contributed by atoms with Gasteiger partial charge >= 0.3 is 0 Å². The van der Waals surface area contributed by atoms with Crippen LogP contribution in [0.5, 0.6) is 5.88 Å². The molecule has 0 radical (unpaired) electrons. The van der Waals surface area contributed by atoms with Crippen LogP contribution in [0.2, 0.25) is 0 Å². The van der Waals surface area contributed by atoms with Crippen molar-refractivity contribution in [3.8, 4) is 17.1 Å². The number of halogens is 1. The lowest BCUT2D eigenvalue weighted by molar-refractivity contribution is 0.150. The second-order valence-corrected chi connectivity index (χ2v) is 6.54. The zero-order valence-electron chi connectivity index (χ0n) is 12.7. The predicted molar refractivity (Wildman–Crippen MR) is 91.4 cm³/mol. The molecule has 0 aliphatic heterocycles. The Morgan fingerprint density at radius 1 is 1.09 bits per heavy atom. The van der Waals surface area contributed by atoms with E-state index in [-0.39, 0.29) is 6.10 Å². The number of rotatable bonds is 3. The van der Waals surface area contributed by atoms with E-state index in [0.29, 0.717) is 5.88 Å². The quantitative estimate of drug-likeness (QED) is 0.688. The van der Waals surface area contributed by atoms with Gasteiger partial charge in [-0.15, -0.1) is 0 Å². The minimum atomic E-state index is 0.252. The fourth-order valence-electron chi connectivity index (χ4n) is 3.04. The molecule has 118 valence electrons. The molecule has 4 rings (SSSR count). The summed E-state index contributed by atoms with van der Waals surface area (Å²) in [6.45, 7) is 0. The highest BCUT2D eigenvalue weighted by Crippen LogP contribution is 2.32. The molecule has 1 aliphatic rings. The number of pyridine rings is 1. The molecular weight excluding hydrogens is 356 g/mol. The third kappa shape index (κ3) is 2.83. The Kier molecular flexibility index (Phi) is 3.99. The maximum absolute atomic E-state index is 6.15. The van der Waals surface area contributed by atoms with Gasteiger partial charge in [0.1, 0.15) is 16.4 Å². The van der Waals surface area contributed by atoms with E-state index in [1.165, 1.54) is 19.3 Å². The van der Waals surface area contributed by atoms with Gasteiger partial charge in [0.25, 0.3) is 5.88 Å². The Hall–Kier alpha value is -1.95. The Labute approximate surface area is 142 Å². The van der Waals surface area contributed by atoms with Crippen LogP contribution in [-0.4, -0.2) is 25.5 Å². The summed E-state index contributed by atoms with van der Waals surface area (Å²) in [7, 11) is 0. The fourth-order valence-corrected chi connectivity index (χ4v) is 3.65. The number of nitrogens with zero attached hydrogens (tertiary/aromatic N) is 4. The summed E-state index contributed by atoms with van der Waals surface area (Å²) < 4.78 is 9.02. The molecule has 3 aromatic heterocycles. The number of hydrogen-bond acceptors (Lipinski definition) is 4. The van der Waals surface area contributed by atoms with Crippen LogP contribution in [-0.2, 0) is 0 Å². The Balaban J connectivity index is 1.75. The summed E-state index contributed by atoms with van der Waals surface area (Å²) in [5.74, 6) is 0.611. The molecule has 1 fully saturated rings. The predicted octanol–water partition coefficient (Wildman–Crippen LogP) is 4.27. The molecule has 5 nitrogen and oxygen atoms in total. The summed E-state index contributed by atoms with van der Waals surface area (Å²) in [6, 6.07) is 3.89. The van der Waals surface area contributed by atoms with E-state index in [1.54, 1.807) is 18.6 Å². The summed E-state index contributed by atoms with van der Waals surface area (Å²) in [5, 5.41) is 0. The highest BCUT2D eigenvalue weighted by molar-refractivity contribution is 9.10. The van der Waals surface area contributed by atoms with E-state index in [2.05, 4.69) is 25.9 Å². The van der Waals surface area contributed by atoms with E-state index in [0.717, 1.165) is 34.3 Å². The molecule has 0 aromatic carbocycles. The monoisotopic (exact) mass is 372 g/mol. The van der Waals surface area contributed by atoms with Gasteiger partial charge in [-0.3, -0.25) is 9.38 Å². The van der Waals surface area contributed by atoms with Gasteiger partial charge in [-0.1, -0.05) is 6.42 Å². The second-order valence-electron chi connectivity index (χ2n) is 5.79. The van der Waals surface area contributed by atoms with E-state index in [1.807, 2.05) is 22.7 Å². The lowest BCUT2D eigenvalue weighted by Gasteiger charge is -2.22. The van der Waals surface area contributed by atoms with Crippen molar-refractivity contribution in [2.75, 3.05) is 0 Å². The van der Waals surface area contributed by atoms with Gasteiger partial charge in [-0.25, -0.2) is 9.97 Å². The maximum Gasteiger partial charge on any atom is 0.258 e. The first-order valence-electron chi connectivity index (χ1n) is 7.92. The van der Waals surface area contributed by atoms with Crippen LogP contribution in [0.4, 0.5) is 0 Å². The zero-order chi connectivity index (χ0) is 15.6. The average molecular weight is 373 g/mol. The molecule has 3 aromatic rings. The third-order valence-electron chi connectivity index (χ3n) is 4.24. The van der Waals surface area contributed by atoms with Gasteiger partial charge in [0.05, 0.1) is 0 Å². The number of aromatic nitrogens is 4. The normalized spacial score (nSPS) is 15.9. The van der Waals surface area contributed by atoms with Crippen LogP contribution in [0.1, 0.15) is 32.1 Å². The van der Waals surface area contributed by atoms with Gasteiger partial charge in [-0.2, -0.15) is 0 Å². The molecular formula is C17H17BrN4O. The van der Waals surface area contributed by atoms with Crippen LogP contribution in [0.25, 0.3) is 16.9 Å². The molecule has 1 saturated carbocycles. The summed E-state index contributed by atoms with van der Waals surface area (Å²) in [6.07, 6.45) is 13.4. The van der Waals surface area contributed by atoms with E-state index in [4.69, 9.17) is 9.72 Å². The smallest absolute Gasteiger partial charge is 0.258 e. The van der Waals surface area contributed by atoms with Crippen molar-refractivity contribution < 1.29 is 4.74 Å². The Morgan fingerprint density at radius 2 is 1.87 bits per heavy atom. The minimum absolute atomic E-state index is 0.252. The lowest BCUT2D eigenvalue weighted by atomic mass is 9.98. The number of ether oxygens (including phenoxy) is 1. The molecule has 0 N–H and O–H groups in total. The van der Waals surface area contributed by atoms with Crippen molar-refractivity contribution in [1.29, 1.82) is 0 Å². The molecule has 0 unspecified atom stereocenters. The maximum atomic E-state index is 6.15. The van der Waals surface area contributed by atoms with E-state index in [9.17, 15) is 0 Å². The van der Waals surface area contributed by atoms with Gasteiger partial charge in [0.15, 0.2) is 0 Å². The fraction of sp³-hybridized carbons (Fsp3) is 0.353. The van der Waals surface area contributed by atoms with Crippen LogP contribution >= 0.6 is 15.9 Å². The van der Waals surface area contributed by atoms with Crippen molar-refractivity contribution in [3.05, 3.63) is 41.5 Å². The lowest BCUT2D eigenvalue weighted by Crippen LogP contribution is -2.20. The van der Waals surface area contributed by atoms with Crippen molar-refractivity contribution in [3.63, 3.8) is 0 Å². The summed E-state index contributed by atoms with van der Waals surface area (Å²) in [4.78, 5) is 13.2. The zero-order valence-corrected chi connectivity index (χ0v) is 14.2. The number of imidazole rings is 1. The van der Waals surface area contributed by atoms with Gasteiger partial charge in [0, 0.05) is 30.4 Å². The first-order valence-corrected chi connectivity index (χ1v) is 8.72. The minimum Gasteiger partial charge on any atom is -0.472 e. The molecule has 1 aliphatic carbocycles. The van der Waals surface area contributed by atoms with Crippen LogP contribution in [0.15, 0.2) is 41.5 Å². The van der Waals surface area contributed by atoms with Gasteiger partial charge < -0.3 is 4.74 Å². The summed E-state index contributed by atoms with van der Waals surface area (Å²) >= 11 is 3.64. The standard InChI is InChI=1S/C17H17BrN4O/c18-15-14(12-6-8-19-9-7-12)21-16-17(20-10-11-22(15)16)23-13-4-2-1-3-5-13/h6-11,13H,1-5H2. The van der Waals surface area contributed by atoms with Gasteiger partial charge in [-0.05, 0) is 53.7 Å². The SMILES string of the molecule is Brc1c(-c2ccncc2)nc2c(OC3CCCCC3)nccn12. The van der Waals surface area contributed by atoms with Crippen molar-refractivity contribution >= 4 is 21.6 Å². The molecule has 0 spiro atoms. The van der Waals surface area contributed by atoms with Gasteiger partial charge in [0.2, 0.25) is 5.65 Å². The Morgan fingerprint density at radius 3 is 2.65 bits per heavy atom.